The summed E-state index contributed by atoms with van der Waals surface area (Å²) in [5.41, 5.74) is 0.800. The molecule has 21 heavy (non-hydrogen) atoms. The largest absolute Gasteiger partial charge is 0.294 e. The zero-order valence-corrected chi connectivity index (χ0v) is 12.3. The summed E-state index contributed by atoms with van der Waals surface area (Å²) in [4.78, 5) is 24.0. The number of nitrogens with zero attached hydrogens (tertiary/aromatic N) is 2. The minimum absolute atomic E-state index is 0.00541. The summed E-state index contributed by atoms with van der Waals surface area (Å²) in [5.74, 6) is -0.574. The van der Waals surface area contributed by atoms with Crippen LogP contribution in [0.5, 0.6) is 0 Å². The number of hydrogen-bond donors (Lipinski definition) is 0. The number of ketones is 1. The predicted octanol–water partition coefficient (Wildman–Crippen LogP) is 2.47. The second-order valence-electron chi connectivity index (χ2n) is 5.28. The van der Waals surface area contributed by atoms with E-state index in [4.69, 9.17) is 0 Å². The molecular formula is C16H17FN2O2. The van der Waals surface area contributed by atoms with Crippen LogP contribution in [0.1, 0.15) is 41.3 Å². The van der Waals surface area contributed by atoms with E-state index in [1.807, 2.05) is 13.8 Å². The summed E-state index contributed by atoms with van der Waals surface area (Å²) in [7, 11) is 1.48. The van der Waals surface area contributed by atoms with Crippen molar-refractivity contribution in [3.63, 3.8) is 0 Å². The van der Waals surface area contributed by atoms with Gasteiger partial charge in [-0.25, -0.2) is 9.07 Å². The lowest BCUT2D eigenvalue weighted by Gasteiger charge is -2.08. The van der Waals surface area contributed by atoms with Gasteiger partial charge in [0.15, 0.2) is 5.78 Å². The third-order valence-electron chi connectivity index (χ3n) is 3.36. The molecule has 0 unspecified atom stereocenters. The molecule has 5 heteroatoms. The zero-order valence-electron chi connectivity index (χ0n) is 12.3. The first-order valence-corrected chi connectivity index (χ1v) is 6.74. The maximum atomic E-state index is 13.9. The molecule has 2 aromatic rings. The Morgan fingerprint density at radius 1 is 1.33 bits per heavy atom. The Bertz CT molecular complexity index is 735. The SMILES string of the molecule is CC(C)c1ccc(CC(=O)c2ccnn(C)c2=O)cc1F. The molecule has 0 bridgehead atoms. The van der Waals surface area contributed by atoms with Crippen LogP contribution in [-0.2, 0) is 13.5 Å². The van der Waals surface area contributed by atoms with Gasteiger partial charge in [0.2, 0.25) is 0 Å². The summed E-state index contributed by atoms with van der Waals surface area (Å²) in [5, 5.41) is 3.77. The van der Waals surface area contributed by atoms with Crippen LogP contribution < -0.4 is 5.56 Å². The van der Waals surface area contributed by atoms with E-state index in [0.717, 1.165) is 4.68 Å². The molecule has 1 aromatic carbocycles. The number of aromatic nitrogens is 2. The molecule has 0 N–H and O–H groups in total. The van der Waals surface area contributed by atoms with Gasteiger partial charge in [0.1, 0.15) is 5.82 Å². The summed E-state index contributed by atoms with van der Waals surface area (Å²) < 4.78 is 15.0. The minimum atomic E-state index is -0.443. The van der Waals surface area contributed by atoms with Crippen molar-refractivity contribution in [2.75, 3.05) is 0 Å². The number of rotatable bonds is 4. The number of carbonyl (C=O) groups excluding carboxylic acids is 1. The fourth-order valence-electron chi connectivity index (χ4n) is 2.15. The van der Waals surface area contributed by atoms with Gasteiger partial charge in [0.05, 0.1) is 5.56 Å². The normalized spacial score (nSPS) is 10.9. The molecule has 4 nitrogen and oxygen atoms in total. The van der Waals surface area contributed by atoms with Crippen LogP contribution >= 0.6 is 0 Å². The number of aryl methyl sites for hydroxylation is 1. The molecule has 1 heterocycles. The molecule has 110 valence electrons. The Morgan fingerprint density at radius 2 is 2.05 bits per heavy atom. The quantitative estimate of drug-likeness (QED) is 0.812. The molecule has 0 amide bonds. The standard InChI is InChI=1S/C16H17FN2O2/c1-10(2)12-5-4-11(8-14(12)17)9-15(20)13-6-7-18-19(3)16(13)21/h4-8,10H,9H2,1-3H3. The summed E-state index contributed by atoms with van der Waals surface area (Å²) in [6.45, 7) is 3.81. The van der Waals surface area contributed by atoms with Gasteiger partial charge in [-0.05, 0) is 29.2 Å². The lowest BCUT2D eigenvalue weighted by Crippen LogP contribution is -2.26. The maximum absolute atomic E-state index is 13.9. The Hall–Kier alpha value is -2.30. The summed E-state index contributed by atoms with van der Waals surface area (Å²) in [6.07, 6.45) is 1.39. The number of carbonyl (C=O) groups is 1. The van der Waals surface area contributed by atoms with Crippen molar-refractivity contribution in [2.24, 2.45) is 7.05 Å². The van der Waals surface area contributed by atoms with Gasteiger partial charge in [-0.3, -0.25) is 9.59 Å². The second kappa shape index (κ2) is 5.99. The highest BCUT2D eigenvalue weighted by molar-refractivity contribution is 5.97. The average molecular weight is 288 g/mol. The van der Waals surface area contributed by atoms with Gasteiger partial charge in [-0.15, -0.1) is 0 Å². The molecule has 1 aromatic heterocycles. The highest BCUT2D eigenvalue weighted by Gasteiger charge is 2.14. The summed E-state index contributed by atoms with van der Waals surface area (Å²) >= 11 is 0. The van der Waals surface area contributed by atoms with Crippen molar-refractivity contribution in [1.82, 2.24) is 9.78 Å². The molecule has 0 aliphatic heterocycles. The lowest BCUT2D eigenvalue weighted by atomic mass is 9.98. The highest BCUT2D eigenvalue weighted by atomic mass is 19.1. The lowest BCUT2D eigenvalue weighted by molar-refractivity contribution is 0.0990. The van der Waals surface area contributed by atoms with Crippen LogP contribution in [0.15, 0.2) is 35.3 Å². The smallest absolute Gasteiger partial charge is 0.277 e. The van der Waals surface area contributed by atoms with E-state index in [2.05, 4.69) is 5.10 Å². The summed E-state index contributed by atoms with van der Waals surface area (Å²) in [6, 6.07) is 6.16. The first-order valence-electron chi connectivity index (χ1n) is 6.74. The van der Waals surface area contributed by atoms with Crippen LogP contribution in [0.4, 0.5) is 4.39 Å². The van der Waals surface area contributed by atoms with Gasteiger partial charge in [-0.1, -0.05) is 26.0 Å². The van der Waals surface area contributed by atoms with E-state index >= 15 is 0 Å². The van der Waals surface area contributed by atoms with Crippen LogP contribution in [0.2, 0.25) is 0 Å². The molecule has 0 radical (unpaired) electrons. The van der Waals surface area contributed by atoms with E-state index < -0.39 is 5.56 Å². The van der Waals surface area contributed by atoms with E-state index in [-0.39, 0.29) is 29.5 Å². The average Bonchev–Trinajstić information content (AvgIpc) is 2.41. The topological polar surface area (TPSA) is 52.0 Å². The van der Waals surface area contributed by atoms with Crippen molar-refractivity contribution in [3.8, 4) is 0 Å². The molecule has 0 aliphatic carbocycles. The Morgan fingerprint density at radius 3 is 2.67 bits per heavy atom. The molecule has 0 aliphatic rings. The third kappa shape index (κ3) is 3.24. The van der Waals surface area contributed by atoms with E-state index in [0.29, 0.717) is 11.1 Å². The van der Waals surface area contributed by atoms with Crippen molar-refractivity contribution >= 4 is 5.78 Å². The monoisotopic (exact) mass is 288 g/mol. The molecule has 0 saturated heterocycles. The van der Waals surface area contributed by atoms with Gasteiger partial charge in [-0.2, -0.15) is 5.10 Å². The van der Waals surface area contributed by atoms with Crippen LogP contribution in [0.25, 0.3) is 0 Å². The Balaban J connectivity index is 2.26. The number of halogens is 1. The number of benzene rings is 1. The molecule has 2 rings (SSSR count). The van der Waals surface area contributed by atoms with Crippen LogP contribution in [-0.4, -0.2) is 15.6 Å². The number of Topliss-reactive ketones (excluding diaryl/α,β-unsaturated/α-hetero) is 1. The van der Waals surface area contributed by atoms with Gasteiger partial charge < -0.3 is 0 Å². The van der Waals surface area contributed by atoms with Crippen LogP contribution in [0, 0.1) is 5.82 Å². The predicted molar refractivity (Wildman–Crippen MR) is 78.0 cm³/mol. The Kier molecular flexibility index (Phi) is 4.31. The first kappa shape index (κ1) is 15.1. The van der Waals surface area contributed by atoms with E-state index in [1.165, 1.54) is 25.4 Å². The van der Waals surface area contributed by atoms with Gasteiger partial charge in [0.25, 0.3) is 5.56 Å². The fraction of sp³-hybridized carbons (Fsp3) is 0.312. The van der Waals surface area contributed by atoms with E-state index in [9.17, 15) is 14.0 Å². The van der Waals surface area contributed by atoms with Gasteiger partial charge in [0, 0.05) is 19.7 Å². The van der Waals surface area contributed by atoms with Crippen molar-refractivity contribution in [1.29, 1.82) is 0 Å². The van der Waals surface area contributed by atoms with E-state index in [1.54, 1.807) is 12.1 Å². The number of hydrogen-bond acceptors (Lipinski definition) is 3. The molecule has 0 saturated carbocycles. The molecule has 0 fully saturated rings. The molecule has 0 atom stereocenters. The maximum Gasteiger partial charge on any atom is 0.277 e. The van der Waals surface area contributed by atoms with Crippen molar-refractivity contribution in [2.45, 2.75) is 26.2 Å². The first-order chi connectivity index (χ1) is 9.90. The second-order valence-corrected chi connectivity index (χ2v) is 5.28. The minimum Gasteiger partial charge on any atom is -0.294 e. The van der Waals surface area contributed by atoms with Crippen molar-refractivity contribution in [3.05, 3.63) is 63.3 Å². The molecular weight excluding hydrogens is 271 g/mol. The van der Waals surface area contributed by atoms with Crippen LogP contribution in [0.3, 0.4) is 0 Å². The third-order valence-corrected chi connectivity index (χ3v) is 3.36. The molecule has 0 spiro atoms. The zero-order chi connectivity index (χ0) is 15.6. The fourth-order valence-corrected chi connectivity index (χ4v) is 2.15. The van der Waals surface area contributed by atoms with Crippen molar-refractivity contribution < 1.29 is 9.18 Å². The highest BCUT2D eigenvalue weighted by Crippen LogP contribution is 2.20. The van der Waals surface area contributed by atoms with Gasteiger partial charge >= 0.3 is 0 Å². The Labute approximate surface area is 122 Å².